The summed E-state index contributed by atoms with van der Waals surface area (Å²) >= 11 is 1.24. The standard InChI is InChI=1S/C19H21N3O2S/c1-14-17(18(24)22-12-6-3-7-13-22)25-19(20-14)21-16(23)11-10-15-8-4-2-5-9-15/h2,4-5,8-11H,3,6-7,12-13H2,1H3,(H,20,21,23). The smallest absolute Gasteiger partial charge is 0.265 e. The number of thiazole rings is 1. The van der Waals surface area contributed by atoms with Gasteiger partial charge in [0.1, 0.15) is 4.88 Å². The lowest BCUT2D eigenvalue weighted by atomic mass is 10.1. The highest BCUT2D eigenvalue weighted by Crippen LogP contribution is 2.25. The van der Waals surface area contributed by atoms with E-state index < -0.39 is 0 Å². The molecule has 2 amide bonds. The number of aryl methyl sites for hydroxylation is 1. The van der Waals surface area contributed by atoms with Gasteiger partial charge in [-0.25, -0.2) is 4.98 Å². The average Bonchev–Trinajstić information content (AvgIpc) is 3.01. The van der Waals surface area contributed by atoms with Crippen molar-refractivity contribution in [3.8, 4) is 0 Å². The van der Waals surface area contributed by atoms with Crippen LogP contribution in [0.2, 0.25) is 0 Å². The number of amides is 2. The van der Waals surface area contributed by atoms with E-state index in [2.05, 4.69) is 10.3 Å². The van der Waals surface area contributed by atoms with Crippen LogP contribution in [-0.4, -0.2) is 34.8 Å². The van der Waals surface area contributed by atoms with Crippen molar-refractivity contribution >= 4 is 34.4 Å². The summed E-state index contributed by atoms with van der Waals surface area (Å²) in [6.07, 6.45) is 6.50. The van der Waals surface area contributed by atoms with Gasteiger partial charge in [-0.2, -0.15) is 0 Å². The second-order valence-electron chi connectivity index (χ2n) is 6.02. The van der Waals surface area contributed by atoms with E-state index in [1.54, 1.807) is 6.08 Å². The first-order valence-electron chi connectivity index (χ1n) is 8.44. The number of benzene rings is 1. The Morgan fingerprint density at radius 3 is 2.60 bits per heavy atom. The van der Waals surface area contributed by atoms with E-state index in [4.69, 9.17) is 0 Å². The summed E-state index contributed by atoms with van der Waals surface area (Å²) in [5, 5.41) is 3.20. The lowest BCUT2D eigenvalue weighted by molar-refractivity contribution is -0.111. The molecule has 130 valence electrons. The van der Waals surface area contributed by atoms with Crippen LogP contribution in [0.1, 0.15) is 40.2 Å². The van der Waals surface area contributed by atoms with Gasteiger partial charge < -0.3 is 4.90 Å². The molecule has 0 atom stereocenters. The number of likely N-dealkylation sites (tertiary alicyclic amines) is 1. The van der Waals surface area contributed by atoms with E-state index in [9.17, 15) is 9.59 Å². The number of nitrogens with zero attached hydrogens (tertiary/aromatic N) is 2. The molecule has 2 heterocycles. The van der Waals surface area contributed by atoms with E-state index in [1.165, 1.54) is 23.8 Å². The van der Waals surface area contributed by atoms with Crippen molar-refractivity contribution in [1.82, 2.24) is 9.88 Å². The Morgan fingerprint density at radius 2 is 1.88 bits per heavy atom. The molecular formula is C19H21N3O2S. The van der Waals surface area contributed by atoms with Gasteiger partial charge in [0.15, 0.2) is 5.13 Å². The lowest BCUT2D eigenvalue weighted by Crippen LogP contribution is -2.35. The van der Waals surface area contributed by atoms with Crippen LogP contribution in [0.4, 0.5) is 5.13 Å². The second kappa shape index (κ2) is 8.07. The molecule has 0 saturated carbocycles. The first kappa shape index (κ1) is 17.4. The summed E-state index contributed by atoms with van der Waals surface area (Å²) in [6, 6.07) is 9.61. The molecule has 6 heteroatoms. The number of carbonyl (C=O) groups is 2. The molecule has 1 N–H and O–H groups in total. The van der Waals surface area contributed by atoms with Crippen molar-refractivity contribution in [3.63, 3.8) is 0 Å². The Balaban J connectivity index is 1.64. The molecule has 1 saturated heterocycles. The molecule has 0 bridgehead atoms. The average molecular weight is 355 g/mol. The van der Waals surface area contributed by atoms with Crippen molar-refractivity contribution < 1.29 is 9.59 Å². The van der Waals surface area contributed by atoms with Crippen molar-refractivity contribution in [2.75, 3.05) is 18.4 Å². The Labute approximate surface area is 151 Å². The molecule has 1 fully saturated rings. The van der Waals surface area contributed by atoms with Crippen LogP contribution in [0.3, 0.4) is 0 Å². The normalized spacial score (nSPS) is 14.7. The van der Waals surface area contributed by atoms with Crippen LogP contribution >= 0.6 is 11.3 Å². The van der Waals surface area contributed by atoms with Crippen LogP contribution in [0, 0.1) is 6.92 Å². The minimum Gasteiger partial charge on any atom is -0.338 e. The first-order valence-corrected chi connectivity index (χ1v) is 9.26. The SMILES string of the molecule is Cc1nc(NC(=O)C=Cc2ccccc2)sc1C(=O)N1CCCCC1. The van der Waals surface area contributed by atoms with Crippen LogP contribution in [-0.2, 0) is 4.79 Å². The van der Waals surface area contributed by atoms with E-state index in [0.29, 0.717) is 15.7 Å². The van der Waals surface area contributed by atoms with Gasteiger partial charge in [-0.3, -0.25) is 14.9 Å². The summed E-state index contributed by atoms with van der Waals surface area (Å²) in [6.45, 7) is 3.42. The van der Waals surface area contributed by atoms with E-state index in [0.717, 1.165) is 31.5 Å². The quantitative estimate of drug-likeness (QED) is 0.850. The van der Waals surface area contributed by atoms with Gasteiger partial charge in [-0.1, -0.05) is 41.7 Å². The number of piperidine rings is 1. The third-order valence-electron chi connectivity index (χ3n) is 4.09. The molecule has 0 aliphatic carbocycles. The Morgan fingerprint density at radius 1 is 1.16 bits per heavy atom. The summed E-state index contributed by atoms with van der Waals surface area (Å²) in [5.74, 6) is -0.232. The predicted octanol–water partition coefficient (Wildman–Crippen LogP) is 3.73. The molecule has 2 aromatic rings. The number of nitrogens with one attached hydrogen (secondary N) is 1. The van der Waals surface area contributed by atoms with Crippen LogP contribution in [0.25, 0.3) is 6.08 Å². The summed E-state index contributed by atoms with van der Waals surface area (Å²) in [4.78, 5) is 31.5. The van der Waals surface area contributed by atoms with Crippen LogP contribution in [0.15, 0.2) is 36.4 Å². The van der Waals surface area contributed by atoms with Crippen LogP contribution in [0.5, 0.6) is 0 Å². The minimum atomic E-state index is -0.255. The summed E-state index contributed by atoms with van der Waals surface area (Å²) < 4.78 is 0. The summed E-state index contributed by atoms with van der Waals surface area (Å²) in [7, 11) is 0. The van der Waals surface area contributed by atoms with Crippen molar-refractivity contribution in [2.24, 2.45) is 0 Å². The predicted molar refractivity (Wildman–Crippen MR) is 101 cm³/mol. The zero-order valence-corrected chi connectivity index (χ0v) is 15.0. The number of hydrogen-bond acceptors (Lipinski definition) is 4. The third kappa shape index (κ3) is 4.54. The van der Waals surface area contributed by atoms with Gasteiger partial charge in [0.25, 0.3) is 5.91 Å². The Kier molecular flexibility index (Phi) is 5.60. The Hall–Kier alpha value is -2.47. The van der Waals surface area contributed by atoms with Gasteiger partial charge in [0.05, 0.1) is 5.69 Å². The molecule has 0 unspecified atom stereocenters. The van der Waals surface area contributed by atoms with Gasteiger partial charge in [-0.05, 0) is 37.8 Å². The highest BCUT2D eigenvalue weighted by molar-refractivity contribution is 7.17. The van der Waals surface area contributed by atoms with Gasteiger partial charge in [0.2, 0.25) is 5.91 Å². The molecule has 25 heavy (non-hydrogen) atoms. The first-order chi connectivity index (χ1) is 12.1. The molecule has 1 aromatic carbocycles. The topological polar surface area (TPSA) is 62.3 Å². The number of anilines is 1. The van der Waals surface area contributed by atoms with Gasteiger partial charge >= 0.3 is 0 Å². The number of carbonyl (C=O) groups excluding carboxylic acids is 2. The van der Waals surface area contributed by atoms with E-state index in [-0.39, 0.29) is 11.8 Å². The maximum Gasteiger partial charge on any atom is 0.265 e. The molecule has 5 nitrogen and oxygen atoms in total. The van der Waals surface area contributed by atoms with E-state index in [1.807, 2.05) is 42.2 Å². The van der Waals surface area contributed by atoms with Gasteiger partial charge in [-0.15, -0.1) is 0 Å². The Bertz CT molecular complexity index is 777. The second-order valence-corrected chi connectivity index (χ2v) is 7.02. The molecule has 0 radical (unpaired) electrons. The minimum absolute atomic E-state index is 0.0232. The number of hydrogen-bond donors (Lipinski definition) is 1. The van der Waals surface area contributed by atoms with Crippen molar-refractivity contribution in [2.45, 2.75) is 26.2 Å². The fourth-order valence-corrected chi connectivity index (χ4v) is 3.71. The number of aromatic nitrogens is 1. The highest BCUT2D eigenvalue weighted by atomic mass is 32.1. The van der Waals surface area contributed by atoms with E-state index >= 15 is 0 Å². The molecule has 0 spiro atoms. The molecular weight excluding hydrogens is 334 g/mol. The molecule has 1 aromatic heterocycles. The molecule has 3 rings (SSSR count). The lowest BCUT2D eigenvalue weighted by Gasteiger charge is -2.26. The van der Waals surface area contributed by atoms with Crippen LogP contribution < -0.4 is 5.32 Å². The molecule has 1 aliphatic rings. The third-order valence-corrected chi connectivity index (χ3v) is 5.15. The maximum absolute atomic E-state index is 12.6. The zero-order valence-electron chi connectivity index (χ0n) is 14.2. The monoisotopic (exact) mass is 355 g/mol. The highest BCUT2D eigenvalue weighted by Gasteiger charge is 2.23. The largest absolute Gasteiger partial charge is 0.338 e. The fraction of sp³-hybridized carbons (Fsp3) is 0.316. The van der Waals surface area contributed by atoms with Gasteiger partial charge in [0, 0.05) is 19.2 Å². The number of rotatable bonds is 4. The molecule has 1 aliphatic heterocycles. The van der Waals surface area contributed by atoms with Crippen molar-refractivity contribution in [3.05, 3.63) is 52.5 Å². The van der Waals surface area contributed by atoms with Crippen molar-refractivity contribution in [1.29, 1.82) is 0 Å². The fourth-order valence-electron chi connectivity index (χ4n) is 2.77. The maximum atomic E-state index is 12.6. The summed E-state index contributed by atoms with van der Waals surface area (Å²) in [5.41, 5.74) is 1.62. The zero-order chi connectivity index (χ0) is 17.6.